The van der Waals surface area contributed by atoms with E-state index < -0.39 is 0 Å². The van der Waals surface area contributed by atoms with Crippen LogP contribution in [0.15, 0.2) is 52.3 Å². The SMILES string of the molecule is O=c1c2ccc(Br)cc2cnn1Cc1cnccn1. The second kappa shape index (κ2) is 4.89. The Morgan fingerprint density at radius 2 is 2.11 bits per heavy atom. The highest BCUT2D eigenvalue weighted by atomic mass is 79.9. The number of aromatic nitrogens is 4. The smallest absolute Gasteiger partial charge is 0.267 e. The maximum Gasteiger partial charge on any atom is 0.274 e. The molecule has 0 atom stereocenters. The summed E-state index contributed by atoms with van der Waals surface area (Å²) in [5.74, 6) is 0. The molecule has 2 heterocycles. The fraction of sp³-hybridized carbons (Fsp3) is 0.0769. The van der Waals surface area contributed by atoms with E-state index in [4.69, 9.17) is 0 Å². The molecule has 0 amide bonds. The van der Waals surface area contributed by atoms with Gasteiger partial charge < -0.3 is 0 Å². The summed E-state index contributed by atoms with van der Waals surface area (Å²) >= 11 is 3.37. The molecule has 0 aliphatic heterocycles. The predicted molar refractivity (Wildman–Crippen MR) is 74.8 cm³/mol. The number of rotatable bonds is 2. The summed E-state index contributed by atoms with van der Waals surface area (Å²) < 4.78 is 2.31. The van der Waals surface area contributed by atoms with Crippen LogP contribution in [0.3, 0.4) is 0 Å². The van der Waals surface area contributed by atoms with Crippen molar-refractivity contribution >= 4 is 26.7 Å². The third kappa shape index (κ3) is 2.39. The Labute approximate surface area is 117 Å². The van der Waals surface area contributed by atoms with Gasteiger partial charge in [-0.15, -0.1) is 0 Å². The Morgan fingerprint density at radius 3 is 2.89 bits per heavy atom. The first-order valence-electron chi connectivity index (χ1n) is 5.64. The van der Waals surface area contributed by atoms with Gasteiger partial charge in [-0.1, -0.05) is 15.9 Å². The van der Waals surface area contributed by atoms with Gasteiger partial charge in [-0.05, 0) is 18.2 Å². The van der Waals surface area contributed by atoms with Crippen LogP contribution in [0.5, 0.6) is 0 Å². The second-order valence-electron chi connectivity index (χ2n) is 4.04. The maximum atomic E-state index is 12.3. The van der Waals surface area contributed by atoms with Gasteiger partial charge in [0.1, 0.15) is 0 Å². The van der Waals surface area contributed by atoms with Crippen molar-refractivity contribution in [1.82, 2.24) is 19.7 Å². The van der Waals surface area contributed by atoms with Gasteiger partial charge in [0.05, 0.1) is 30.0 Å². The summed E-state index contributed by atoms with van der Waals surface area (Å²) in [6.45, 7) is 0.318. The number of hydrogen-bond donors (Lipinski definition) is 0. The van der Waals surface area contributed by atoms with Crippen LogP contribution in [0.2, 0.25) is 0 Å². The molecule has 0 bridgehead atoms. The van der Waals surface area contributed by atoms with Crippen molar-refractivity contribution in [3.05, 3.63) is 63.5 Å². The fourth-order valence-electron chi connectivity index (χ4n) is 1.84. The van der Waals surface area contributed by atoms with Crippen LogP contribution in [-0.2, 0) is 6.54 Å². The Bertz CT molecular complexity index is 786. The molecular weight excluding hydrogens is 308 g/mol. The third-order valence-electron chi connectivity index (χ3n) is 2.74. The predicted octanol–water partition coefficient (Wildman–Crippen LogP) is 2.00. The molecular formula is C13H9BrN4O. The summed E-state index contributed by atoms with van der Waals surface area (Å²) in [6, 6.07) is 5.50. The fourth-order valence-corrected chi connectivity index (χ4v) is 2.22. The lowest BCUT2D eigenvalue weighted by atomic mass is 10.2. The lowest BCUT2D eigenvalue weighted by Crippen LogP contribution is -2.23. The average molecular weight is 317 g/mol. The molecule has 0 aliphatic carbocycles. The maximum absolute atomic E-state index is 12.3. The molecule has 0 unspecified atom stereocenters. The first kappa shape index (κ1) is 12.0. The largest absolute Gasteiger partial charge is 0.274 e. The molecule has 6 heteroatoms. The lowest BCUT2D eigenvalue weighted by Gasteiger charge is -2.05. The molecule has 0 fully saturated rings. The molecule has 94 valence electrons. The zero-order chi connectivity index (χ0) is 13.2. The summed E-state index contributed by atoms with van der Waals surface area (Å²) in [4.78, 5) is 20.4. The Hall–Kier alpha value is -2.08. The van der Waals surface area contributed by atoms with Crippen molar-refractivity contribution in [1.29, 1.82) is 0 Å². The molecule has 0 radical (unpaired) electrons. The molecule has 1 aromatic carbocycles. The summed E-state index contributed by atoms with van der Waals surface area (Å²) in [6.07, 6.45) is 6.49. The van der Waals surface area contributed by atoms with Gasteiger partial charge in [0.25, 0.3) is 5.56 Å². The van der Waals surface area contributed by atoms with Gasteiger partial charge in [0, 0.05) is 22.3 Å². The first-order chi connectivity index (χ1) is 9.24. The van der Waals surface area contributed by atoms with Crippen LogP contribution in [0.1, 0.15) is 5.69 Å². The van der Waals surface area contributed by atoms with Crippen LogP contribution in [-0.4, -0.2) is 19.7 Å². The number of hydrogen-bond acceptors (Lipinski definition) is 4. The van der Waals surface area contributed by atoms with E-state index in [9.17, 15) is 4.79 Å². The van der Waals surface area contributed by atoms with Crippen LogP contribution in [0.4, 0.5) is 0 Å². The van der Waals surface area contributed by atoms with Crippen molar-refractivity contribution in [2.75, 3.05) is 0 Å². The van der Waals surface area contributed by atoms with Crippen molar-refractivity contribution in [3.63, 3.8) is 0 Å². The van der Waals surface area contributed by atoms with E-state index in [0.717, 1.165) is 9.86 Å². The number of nitrogens with zero attached hydrogens (tertiary/aromatic N) is 4. The third-order valence-corrected chi connectivity index (χ3v) is 3.24. The van der Waals surface area contributed by atoms with E-state index in [2.05, 4.69) is 31.0 Å². The quantitative estimate of drug-likeness (QED) is 0.725. The van der Waals surface area contributed by atoms with Crippen molar-refractivity contribution in [2.45, 2.75) is 6.54 Å². The summed E-state index contributed by atoms with van der Waals surface area (Å²) in [7, 11) is 0. The topological polar surface area (TPSA) is 60.7 Å². The van der Waals surface area contributed by atoms with E-state index in [1.54, 1.807) is 30.9 Å². The molecule has 3 rings (SSSR count). The molecule has 3 aromatic rings. The van der Waals surface area contributed by atoms with Gasteiger partial charge >= 0.3 is 0 Å². The minimum atomic E-state index is -0.129. The van der Waals surface area contributed by atoms with E-state index in [1.807, 2.05) is 12.1 Å². The van der Waals surface area contributed by atoms with Crippen molar-refractivity contribution < 1.29 is 0 Å². The van der Waals surface area contributed by atoms with Crippen LogP contribution >= 0.6 is 15.9 Å². The van der Waals surface area contributed by atoms with E-state index >= 15 is 0 Å². The number of benzene rings is 1. The Morgan fingerprint density at radius 1 is 1.21 bits per heavy atom. The Balaban J connectivity index is 2.08. The summed E-state index contributed by atoms with van der Waals surface area (Å²) in [5, 5.41) is 5.61. The summed E-state index contributed by atoms with van der Waals surface area (Å²) in [5.41, 5.74) is 0.573. The monoisotopic (exact) mass is 316 g/mol. The second-order valence-corrected chi connectivity index (χ2v) is 4.95. The van der Waals surface area contributed by atoms with Crippen molar-refractivity contribution in [3.8, 4) is 0 Å². The highest BCUT2D eigenvalue weighted by molar-refractivity contribution is 9.10. The van der Waals surface area contributed by atoms with E-state index in [-0.39, 0.29) is 5.56 Å². The van der Waals surface area contributed by atoms with Gasteiger partial charge in [0.15, 0.2) is 0 Å². The molecule has 19 heavy (non-hydrogen) atoms. The molecule has 0 saturated carbocycles. The number of halogens is 1. The Kier molecular flexibility index (Phi) is 3.08. The van der Waals surface area contributed by atoms with E-state index in [1.165, 1.54) is 4.68 Å². The molecule has 0 aliphatic rings. The molecule has 2 aromatic heterocycles. The number of fused-ring (bicyclic) bond motifs is 1. The van der Waals surface area contributed by atoms with E-state index in [0.29, 0.717) is 17.6 Å². The highest BCUT2D eigenvalue weighted by Gasteiger charge is 2.05. The first-order valence-corrected chi connectivity index (χ1v) is 6.43. The zero-order valence-electron chi connectivity index (χ0n) is 9.82. The highest BCUT2D eigenvalue weighted by Crippen LogP contribution is 2.16. The van der Waals surface area contributed by atoms with Gasteiger partial charge in [-0.25, -0.2) is 4.68 Å². The standard InChI is InChI=1S/C13H9BrN4O/c14-10-1-2-12-9(5-10)6-17-18(13(12)19)8-11-7-15-3-4-16-11/h1-7H,8H2. The normalized spacial score (nSPS) is 10.8. The molecule has 5 nitrogen and oxygen atoms in total. The van der Waals surface area contributed by atoms with Gasteiger partial charge in [0.2, 0.25) is 0 Å². The minimum Gasteiger partial charge on any atom is -0.267 e. The lowest BCUT2D eigenvalue weighted by molar-refractivity contribution is 0.633. The van der Waals surface area contributed by atoms with Crippen LogP contribution in [0, 0.1) is 0 Å². The minimum absolute atomic E-state index is 0.129. The van der Waals surface area contributed by atoms with Gasteiger partial charge in [-0.2, -0.15) is 5.10 Å². The van der Waals surface area contributed by atoms with Crippen LogP contribution in [0.25, 0.3) is 10.8 Å². The van der Waals surface area contributed by atoms with Crippen molar-refractivity contribution in [2.24, 2.45) is 0 Å². The zero-order valence-corrected chi connectivity index (χ0v) is 11.4. The average Bonchev–Trinajstić information content (AvgIpc) is 2.43. The van der Waals surface area contributed by atoms with Gasteiger partial charge in [-0.3, -0.25) is 14.8 Å². The molecule has 0 N–H and O–H groups in total. The van der Waals surface area contributed by atoms with Crippen LogP contribution < -0.4 is 5.56 Å². The molecule has 0 spiro atoms. The molecule has 0 saturated heterocycles.